The van der Waals surface area contributed by atoms with E-state index in [1.165, 1.54) is 0 Å². The third-order valence-electron chi connectivity index (χ3n) is 4.67. The molecule has 1 aromatic heterocycles. The third-order valence-corrected chi connectivity index (χ3v) is 4.67. The Morgan fingerprint density at radius 3 is 2.62 bits per heavy atom. The number of anilines is 1. The lowest BCUT2D eigenvalue weighted by molar-refractivity contribution is 0.0697. The summed E-state index contributed by atoms with van der Waals surface area (Å²) < 4.78 is 6.05. The van der Waals surface area contributed by atoms with Crippen LogP contribution in [-0.4, -0.2) is 11.1 Å². The van der Waals surface area contributed by atoms with Crippen molar-refractivity contribution >= 4 is 34.3 Å². The van der Waals surface area contributed by atoms with Crippen molar-refractivity contribution in [1.82, 2.24) is 0 Å². The van der Waals surface area contributed by atoms with Gasteiger partial charge in [-0.1, -0.05) is 12.1 Å². The number of carbonyl (C=O) groups is 1. The van der Waals surface area contributed by atoms with Crippen LogP contribution in [0.15, 0.2) is 51.7 Å². The summed E-state index contributed by atoms with van der Waals surface area (Å²) in [6.07, 6.45) is 4.31. The van der Waals surface area contributed by atoms with Gasteiger partial charge in [0.05, 0.1) is 10.9 Å². The van der Waals surface area contributed by atoms with Crippen LogP contribution < -0.4 is 11.2 Å². The molecule has 5 heteroatoms. The Balaban J connectivity index is 1.85. The Bertz CT molecular complexity index is 1110. The number of allylic oxidation sites excluding steroid dienone is 1. The van der Waals surface area contributed by atoms with Gasteiger partial charge in [-0.2, -0.15) is 0 Å². The molecule has 5 nitrogen and oxygen atoms in total. The quantitative estimate of drug-likeness (QED) is 0.685. The molecule has 0 saturated heterocycles. The first-order valence-electron chi connectivity index (χ1n) is 8.42. The molecule has 130 valence electrons. The van der Waals surface area contributed by atoms with E-state index < -0.39 is 5.97 Å². The number of fused-ring (bicyclic) bond motifs is 2. The minimum Gasteiger partial charge on any atom is -0.478 e. The molecule has 0 fully saturated rings. The van der Waals surface area contributed by atoms with Gasteiger partial charge in [-0.15, -0.1) is 0 Å². The molecule has 0 aliphatic heterocycles. The zero-order chi connectivity index (χ0) is 18.3. The minimum absolute atomic E-state index is 0.00641. The van der Waals surface area contributed by atoms with E-state index in [4.69, 9.17) is 15.3 Å². The van der Waals surface area contributed by atoms with Crippen molar-refractivity contribution in [3.05, 3.63) is 75.1 Å². The molecule has 0 bridgehead atoms. The number of aromatic carboxylic acids is 1. The lowest BCUT2D eigenvalue weighted by Crippen LogP contribution is -2.16. The number of benzene rings is 2. The van der Waals surface area contributed by atoms with Crippen LogP contribution in [0.1, 0.15) is 40.1 Å². The van der Waals surface area contributed by atoms with Gasteiger partial charge in [-0.05, 0) is 60.7 Å². The number of nitrogens with two attached hydrogens (primary N) is 1. The van der Waals surface area contributed by atoms with E-state index in [1.54, 1.807) is 42.5 Å². The number of rotatable bonds is 2. The molecule has 1 aliphatic carbocycles. The molecular weight excluding hydrogens is 330 g/mol. The first-order valence-corrected chi connectivity index (χ1v) is 8.42. The van der Waals surface area contributed by atoms with Crippen LogP contribution in [0.5, 0.6) is 0 Å². The lowest BCUT2D eigenvalue weighted by atomic mass is 9.90. The maximum atomic E-state index is 12.8. The predicted molar refractivity (Wildman–Crippen MR) is 101 cm³/mol. The van der Waals surface area contributed by atoms with Gasteiger partial charge in [-0.3, -0.25) is 4.79 Å². The standard InChI is InChI=1S/C21H17NO4/c22-15-8-9-16-18(11-15)26-20-14(2-1-3-17(20)19(16)23)10-12-4-6-13(7-5-12)21(24)25/h4-11H,1-3,22H2,(H,24,25). The van der Waals surface area contributed by atoms with Crippen LogP contribution in [0.3, 0.4) is 0 Å². The molecule has 2 aromatic carbocycles. The number of hydrogen-bond acceptors (Lipinski definition) is 4. The van der Waals surface area contributed by atoms with E-state index >= 15 is 0 Å². The summed E-state index contributed by atoms with van der Waals surface area (Å²) in [5, 5.41) is 9.55. The zero-order valence-electron chi connectivity index (χ0n) is 14.0. The van der Waals surface area contributed by atoms with Crippen molar-refractivity contribution in [2.75, 3.05) is 5.73 Å². The summed E-state index contributed by atoms with van der Waals surface area (Å²) in [4.78, 5) is 23.8. The molecule has 0 amide bonds. The number of carboxylic acid groups (broad SMARTS) is 1. The minimum atomic E-state index is -0.956. The normalized spacial score (nSPS) is 15.2. The van der Waals surface area contributed by atoms with E-state index in [0.717, 1.165) is 24.0 Å². The van der Waals surface area contributed by atoms with E-state index in [1.807, 2.05) is 6.08 Å². The summed E-state index contributed by atoms with van der Waals surface area (Å²) in [6, 6.07) is 11.7. The average molecular weight is 347 g/mol. The predicted octanol–water partition coefficient (Wildman–Crippen LogP) is 3.95. The highest BCUT2D eigenvalue weighted by molar-refractivity contribution is 5.89. The van der Waals surface area contributed by atoms with Gasteiger partial charge in [0.25, 0.3) is 0 Å². The molecule has 0 radical (unpaired) electrons. The first-order chi connectivity index (χ1) is 12.5. The van der Waals surface area contributed by atoms with Gasteiger partial charge in [0, 0.05) is 17.3 Å². The fourth-order valence-corrected chi connectivity index (χ4v) is 3.36. The van der Waals surface area contributed by atoms with Crippen LogP contribution >= 0.6 is 0 Å². The van der Waals surface area contributed by atoms with Crippen molar-refractivity contribution in [1.29, 1.82) is 0 Å². The van der Waals surface area contributed by atoms with E-state index in [2.05, 4.69) is 0 Å². The Hall–Kier alpha value is -3.34. The molecule has 1 heterocycles. The zero-order valence-corrected chi connectivity index (χ0v) is 14.0. The molecule has 4 rings (SSSR count). The summed E-state index contributed by atoms with van der Waals surface area (Å²) in [6.45, 7) is 0. The van der Waals surface area contributed by atoms with Crippen LogP contribution in [0.2, 0.25) is 0 Å². The second-order valence-corrected chi connectivity index (χ2v) is 6.44. The molecular formula is C21H17NO4. The second kappa shape index (κ2) is 6.19. The Kier molecular flexibility index (Phi) is 3.84. The summed E-state index contributed by atoms with van der Waals surface area (Å²) in [7, 11) is 0. The highest BCUT2D eigenvalue weighted by Gasteiger charge is 2.21. The van der Waals surface area contributed by atoms with Gasteiger partial charge in [0.15, 0.2) is 5.43 Å². The SMILES string of the molecule is Nc1ccc2c(=O)c3c(oc2c1)C(=Cc1ccc(C(=O)O)cc1)CCC3. The first kappa shape index (κ1) is 16.1. The Labute approximate surface area is 149 Å². The van der Waals surface area contributed by atoms with Crippen molar-refractivity contribution in [3.8, 4) is 0 Å². The average Bonchev–Trinajstić information content (AvgIpc) is 2.63. The topological polar surface area (TPSA) is 93.5 Å². The van der Waals surface area contributed by atoms with Gasteiger partial charge in [0.2, 0.25) is 0 Å². The van der Waals surface area contributed by atoms with Crippen molar-refractivity contribution < 1.29 is 14.3 Å². The molecule has 0 unspecified atom stereocenters. The van der Waals surface area contributed by atoms with Crippen molar-refractivity contribution in [2.24, 2.45) is 0 Å². The number of carboxylic acids is 1. The Morgan fingerprint density at radius 2 is 1.88 bits per heavy atom. The molecule has 3 aromatic rings. The highest BCUT2D eigenvalue weighted by atomic mass is 16.4. The molecule has 26 heavy (non-hydrogen) atoms. The van der Waals surface area contributed by atoms with Crippen LogP contribution in [0.25, 0.3) is 22.6 Å². The van der Waals surface area contributed by atoms with Gasteiger partial charge >= 0.3 is 5.97 Å². The fraction of sp³-hybridized carbons (Fsp3) is 0.143. The largest absolute Gasteiger partial charge is 0.478 e. The van der Waals surface area contributed by atoms with E-state index in [9.17, 15) is 9.59 Å². The fourth-order valence-electron chi connectivity index (χ4n) is 3.36. The van der Waals surface area contributed by atoms with Crippen LogP contribution in [0.4, 0.5) is 5.69 Å². The number of nitrogen functional groups attached to an aromatic ring is 1. The monoisotopic (exact) mass is 347 g/mol. The second-order valence-electron chi connectivity index (χ2n) is 6.44. The molecule has 3 N–H and O–H groups in total. The smallest absolute Gasteiger partial charge is 0.335 e. The lowest BCUT2D eigenvalue weighted by Gasteiger charge is -2.18. The Morgan fingerprint density at radius 1 is 1.12 bits per heavy atom. The van der Waals surface area contributed by atoms with Crippen LogP contribution in [0, 0.1) is 0 Å². The molecule has 0 spiro atoms. The molecule has 0 atom stereocenters. The van der Waals surface area contributed by atoms with Gasteiger partial charge in [-0.25, -0.2) is 4.79 Å². The maximum absolute atomic E-state index is 12.8. The number of hydrogen-bond donors (Lipinski definition) is 2. The maximum Gasteiger partial charge on any atom is 0.335 e. The van der Waals surface area contributed by atoms with Gasteiger partial charge < -0.3 is 15.3 Å². The molecule has 1 aliphatic rings. The van der Waals surface area contributed by atoms with Crippen molar-refractivity contribution in [3.63, 3.8) is 0 Å². The highest BCUT2D eigenvalue weighted by Crippen LogP contribution is 2.33. The van der Waals surface area contributed by atoms with Gasteiger partial charge in [0.1, 0.15) is 11.3 Å². The van der Waals surface area contributed by atoms with Crippen molar-refractivity contribution in [2.45, 2.75) is 19.3 Å². The summed E-state index contributed by atoms with van der Waals surface area (Å²) in [5.74, 6) is -0.344. The third kappa shape index (κ3) is 2.77. The summed E-state index contributed by atoms with van der Waals surface area (Å²) >= 11 is 0. The van der Waals surface area contributed by atoms with E-state index in [0.29, 0.717) is 34.4 Å². The summed E-state index contributed by atoms with van der Waals surface area (Å²) in [5.41, 5.74) is 9.60. The molecule has 0 saturated carbocycles. The van der Waals surface area contributed by atoms with E-state index in [-0.39, 0.29) is 11.0 Å². The van der Waals surface area contributed by atoms with Crippen LogP contribution in [-0.2, 0) is 6.42 Å².